The molecule has 0 aromatic heterocycles. The fourth-order valence-corrected chi connectivity index (χ4v) is 1.72. The molecule has 2 rings (SSSR count). The van der Waals surface area contributed by atoms with Gasteiger partial charge in [0.2, 0.25) is 0 Å². The third kappa shape index (κ3) is 1.73. The summed E-state index contributed by atoms with van der Waals surface area (Å²) in [5.74, 6) is -0.265. The first-order chi connectivity index (χ1) is 7.83. The fraction of sp³-hybridized carbons (Fsp3) is 0.333. The van der Waals surface area contributed by atoms with Gasteiger partial charge >= 0.3 is 6.03 Å². The number of benzene rings is 1. The van der Waals surface area contributed by atoms with E-state index in [4.69, 9.17) is 0 Å². The summed E-state index contributed by atoms with van der Waals surface area (Å²) >= 11 is 0. The van der Waals surface area contributed by atoms with Crippen LogP contribution in [0.25, 0.3) is 0 Å². The van der Waals surface area contributed by atoms with Crippen LogP contribution in [0.1, 0.15) is 19.4 Å². The minimum absolute atomic E-state index is 0.0628. The summed E-state index contributed by atoms with van der Waals surface area (Å²) < 4.78 is 0. The van der Waals surface area contributed by atoms with E-state index >= 15 is 0 Å². The molecular formula is C12H14N2O3. The minimum atomic E-state index is -0.905. The highest BCUT2D eigenvalue weighted by atomic mass is 16.3. The molecule has 1 aliphatic rings. The van der Waals surface area contributed by atoms with E-state index < -0.39 is 11.6 Å². The van der Waals surface area contributed by atoms with Gasteiger partial charge in [-0.3, -0.25) is 4.79 Å². The molecule has 1 saturated heterocycles. The molecule has 1 fully saturated rings. The van der Waals surface area contributed by atoms with E-state index in [1.807, 2.05) is 0 Å². The number of phenols is 1. The zero-order valence-electron chi connectivity index (χ0n) is 9.94. The van der Waals surface area contributed by atoms with Crippen molar-refractivity contribution in [2.45, 2.75) is 26.3 Å². The molecule has 2 N–H and O–H groups in total. The SMILES string of the molecule is Cc1ccc(N2C(=O)NC(C)(C)C2=O)cc1O. The van der Waals surface area contributed by atoms with E-state index in [1.165, 1.54) is 6.07 Å². The number of amides is 3. The van der Waals surface area contributed by atoms with Crippen molar-refractivity contribution in [3.63, 3.8) is 0 Å². The molecule has 0 radical (unpaired) electrons. The van der Waals surface area contributed by atoms with Crippen molar-refractivity contribution < 1.29 is 14.7 Å². The molecule has 0 saturated carbocycles. The Bertz CT molecular complexity index is 508. The Morgan fingerprint density at radius 1 is 1.29 bits per heavy atom. The maximum absolute atomic E-state index is 12.0. The molecule has 90 valence electrons. The number of aryl methyl sites for hydroxylation is 1. The highest BCUT2D eigenvalue weighted by Gasteiger charge is 2.45. The van der Waals surface area contributed by atoms with Crippen molar-refractivity contribution in [1.82, 2.24) is 5.32 Å². The third-order valence-electron chi connectivity index (χ3n) is 2.81. The average molecular weight is 234 g/mol. The van der Waals surface area contributed by atoms with E-state index in [-0.39, 0.29) is 11.7 Å². The Kier molecular flexibility index (Phi) is 2.34. The van der Waals surface area contributed by atoms with Gasteiger partial charge in [0, 0.05) is 6.07 Å². The van der Waals surface area contributed by atoms with Crippen LogP contribution in [0, 0.1) is 6.92 Å². The van der Waals surface area contributed by atoms with E-state index in [0.717, 1.165) is 4.90 Å². The molecule has 1 aromatic rings. The lowest BCUT2D eigenvalue weighted by molar-refractivity contribution is -0.120. The van der Waals surface area contributed by atoms with Gasteiger partial charge in [-0.2, -0.15) is 0 Å². The molecule has 0 atom stereocenters. The molecule has 1 aromatic carbocycles. The van der Waals surface area contributed by atoms with Gasteiger partial charge in [-0.1, -0.05) is 6.07 Å². The summed E-state index contributed by atoms with van der Waals surface area (Å²) in [5.41, 5.74) is 0.165. The fourth-order valence-electron chi connectivity index (χ4n) is 1.72. The molecule has 0 unspecified atom stereocenters. The van der Waals surface area contributed by atoms with E-state index in [1.54, 1.807) is 32.9 Å². The number of imide groups is 1. The van der Waals surface area contributed by atoms with Crippen LogP contribution in [0.15, 0.2) is 18.2 Å². The van der Waals surface area contributed by atoms with Crippen LogP contribution in [0.5, 0.6) is 5.75 Å². The van der Waals surface area contributed by atoms with Gasteiger partial charge in [0.25, 0.3) is 5.91 Å². The topological polar surface area (TPSA) is 69.6 Å². The van der Waals surface area contributed by atoms with Crippen LogP contribution < -0.4 is 10.2 Å². The van der Waals surface area contributed by atoms with Gasteiger partial charge in [0.05, 0.1) is 5.69 Å². The van der Waals surface area contributed by atoms with Crippen molar-refractivity contribution in [3.8, 4) is 5.75 Å². The summed E-state index contributed by atoms with van der Waals surface area (Å²) in [6, 6.07) is 4.24. The molecular weight excluding hydrogens is 220 g/mol. The molecule has 17 heavy (non-hydrogen) atoms. The summed E-state index contributed by atoms with van der Waals surface area (Å²) in [7, 11) is 0. The van der Waals surface area contributed by atoms with Crippen LogP contribution in [-0.2, 0) is 4.79 Å². The minimum Gasteiger partial charge on any atom is -0.508 e. The number of hydrogen-bond acceptors (Lipinski definition) is 3. The molecule has 5 heteroatoms. The number of nitrogens with one attached hydrogen (secondary N) is 1. The van der Waals surface area contributed by atoms with E-state index in [0.29, 0.717) is 11.3 Å². The van der Waals surface area contributed by atoms with Gasteiger partial charge in [0.1, 0.15) is 11.3 Å². The first-order valence-corrected chi connectivity index (χ1v) is 5.29. The lowest BCUT2D eigenvalue weighted by Gasteiger charge is -2.16. The Morgan fingerprint density at radius 3 is 2.41 bits per heavy atom. The number of rotatable bonds is 1. The van der Waals surface area contributed by atoms with Crippen LogP contribution in [0.3, 0.4) is 0 Å². The Balaban J connectivity index is 2.44. The Labute approximate surface area is 99.0 Å². The maximum atomic E-state index is 12.0. The van der Waals surface area contributed by atoms with Crippen molar-refractivity contribution in [2.24, 2.45) is 0 Å². The normalized spacial score (nSPS) is 18.4. The summed E-state index contributed by atoms with van der Waals surface area (Å²) in [4.78, 5) is 24.7. The second kappa shape index (κ2) is 3.48. The standard InChI is InChI=1S/C12H14N2O3/c1-7-4-5-8(6-9(7)15)14-10(16)12(2,3)13-11(14)17/h4-6,15H,1-3H3,(H,13,17). The number of aromatic hydroxyl groups is 1. The van der Waals surface area contributed by atoms with E-state index in [2.05, 4.69) is 5.32 Å². The third-order valence-corrected chi connectivity index (χ3v) is 2.81. The van der Waals surface area contributed by atoms with Crippen molar-refractivity contribution in [2.75, 3.05) is 4.90 Å². The predicted molar refractivity (Wildman–Crippen MR) is 62.9 cm³/mol. The van der Waals surface area contributed by atoms with Gasteiger partial charge in [-0.15, -0.1) is 0 Å². The number of hydrogen-bond donors (Lipinski definition) is 2. The number of nitrogens with zero attached hydrogens (tertiary/aromatic N) is 1. The summed E-state index contributed by atoms with van der Waals surface area (Å²) in [6.45, 7) is 5.03. The van der Waals surface area contributed by atoms with Crippen molar-refractivity contribution in [3.05, 3.63) is 23.8 Å². The van der Waals surface area contributed by atoms with Crippen molar-refractivity contribution >= 4 is 17.6 Å². The number of anilines is 1. The second-order valence-electron chi connectivity index (χ2n) is 4.67. The molecule has 0 spiro atoms. The smallest absolute Gasteiger partial charge is 0.329 e. The number of carbonyl (C=O) groups excluding carboxylic acids is 2. The van der Waals surface area contributed by atoms with E-state index in [9.17, 15) is 14.7 Å². The highest BCUT2D eigenvalue weighted by molar-refractivity contribution is 6.23. The molecule has 3 amide bonds. The largest absolute Gasteiger partial charge is 0.508 e. The Hall–Kier alpha value is -2.04. The second-order valence-corrected chi connectivity index (χ2v) is 4.67. The first-order valence-electron chi connectivity index (χ1n) is 5.29. The summed E-state index contributed by atoms with van der Waals surface area (Å²) in [6.07, 6.45) is 0. The van der Waals surface area contributed by atoms with Crippen LogP contribution in [-0.4, -0.2) is 22.6 Å². The monoisotopic (exact) mass is 234 g/mol. The number of phenolic OH excluding ortho intramolecular Hbond substituents is 1. The van der Waals surface area contributed by atoms with Crippen LogP contribution >= 0.6 is 0 Å². The zero-order valence-corrected chi connectivity index (χ0v) is 9.94. The first kappa shape index (κ1) is 11.4. The van der Waals surface area contributed by atoms with Gasteiger partial charge in [-0.05, 0) is 32.4 Å². The molecule has 1 aliphatic heterocycles. The van der Waals surface area contributed by atoms with Gasteiger partial charge < -0.3 is 10.4 Å². The van der Waals surface area contributed by atoms with Crippen LogP contribution in [0.4, 0.5) is 10.5 Å². The van der Waals surface area contributed by atoms with Crippen molar-refractivity contribution in [1.29, 1.82) is 0 Å². The van der Waals surface area contributed by atoms with Crippen LogP contribution in [0.2, 0.25) is 0 Å². The lowest BCUT2D eigenvalue weighted by Crippen LogP contribution is -2.40. The quantitative estimate of drug-likeness (QED) is 0.724. The summed E-state index contributed by atoms with van der Waals surface area (Å²) in [5, 5.41) is 12.2. The molecule has 5 nitrogen and oxygen atoms in total. The molecule has 0 bridgehead atoms. The number of carbonyl (C=O) groups is 2. The Morgan fingerprint density at radius 2 is 1.94 bits per heavy atom. The highest BCUT2D eigenvalue weighted by Crippen LogP contribution is 2.28. The maximum Gasteiger partial charge on any atom is 0.329 e. The average Bonchev–Trinajstić information content (AvgIpc) is 2.42. The number of urea groups is 1. The molecule has 1 heterocycles. The molecule has 0 aliphatic carbocycles. The lowest BCUT2D eigenvalue weighted by atomic mass is 10.1. The predicted octanol–water partition coefficient (Wildman–Crippen LogP) is 1.54. The van der Waals surface area contributed by atoms with Gasteiger partial charge in [0.15, 0.2) is 0 Å². The zero-order chi connectivity index (χ0) is 12.8. The van der Waals surface area contributed by atoms with Gasteiger partial charge in [-0.25, -0.2) is 9.69 Å².